The Balaban J connectivity index is 0.000000162. The van der Waals surface area contributed by atoms with Crippen LogP contribution in [0.15, 0.2) is 226 Å². The highest BCUT2D eigenvalue weighted by molar-refractivity contribution is 14.1. The molecule has 14 rings (SSSR count). The summed E-state index contributed by atoms with van der Waals surface area (Å²) >= 11 is 4.10. The number of carbonyl (C=O) groups excluding carboxylic acids is 1. The number of aromatic nitrogens is 9. The number of fused-ring (bicyclic) bond motifs is 3. The van der Waals surface area contributed by atoms with E-state index in [0.29, 0.717) is 51.4 Å². The highest BCUT2D eigenvalue weighted by atomic mass is 127. The number of aryl methyl sites for hydroxylation is 4. The smallest absolute Gasteiger partial charge is 0.348 e. The van der Waals surface area contributed by atoms with Crippen molar-refractivity contribution in [3.8, 4) is 35.0 Å². The van der Waals surface area contributed by atoms with Gasteiger partial charge in [0.25, 0.3) is 22.6 Å². The Hall–Kier alpha value is -12.9. The minimum absolute atomic E-state index is 0.0532. The SMILES string of the molecule is Cc1nnc2sc(C(=O)NCc3ccc(-n4ccccc4=O)c(F)c3)c(N)c2c1C.Cc1nnc2sc(C(=O)O)c(N)c2c1C.N#Cc1ccc(-n2ccccc2=O)c(F)c1.N#Cc1ccc(I)c(F)c1.NCc1ccc(-n2ccccc2=O)c(F)c1.O=c1cccc[nH]1.Oc1cccc2cccnc12. The summed E-state index contributed by atoms with van der Waals surface area (Å²) in [5.41, 5.74) is 23.4. The second-order valence-electron chi connectivity index (χ2n) is 22.0. The number of hydrogen-bond donors (Lipinski definition) is 7. The lowest BCUT2D eigenvalue weighted by atomic mass is 10.1. The summed E-state index contributed by atoms with van der Waals surface area (Å²) in [6.07, 6.45) is 7.78. The zero-order valence-electron chi connectivity index (χ0n) is 55.8. The van der Waals surface area contributed by atoms with Crippen LogP contribution >= 0.6 is 45.3 Å². The summed E-state index contributed by atoms with van der Waals surface area (Å²) in [4.78, 5) is 76.8. The van der Waals surface area contributed by atoms with Gasteiger partial charge in [-0.15, -0.1) is 32.9 Å². The van der Waals surface area contributed by atoms with Crippen LogP contribution in [0, 0.1) is 77.2 Å². The zero-order chi connectivity index (χ0) is 76.0. The first-order chi connectivity index (χ1) is 50.3. The van der Waals surface area contributed by atoms with E-state index >= 15 is 0 Å². The van der Waals surface area contributed by atoms with Crippen LogP contribution in [0.5, 0.6) is 5.75 Å². The van der Waals surface area contributed by atoms with Crippen LogP contribution in [0.2, 0.25) is 0 Å². The van der Waals surface area contributed by atoms with Gasteiger partial charge in [-0.1, -0.05) is 54.6 Å². The minimum atomic E-state index is -1.02. The number of aromatic amines is 1. The van der Waals surface area contributed by atoms with E-state index in [1.54, 1.807) is 103 Å². The van der Waals surface area contributed by atoms with Crippen molar-refractivity contribution < 1.29 is 37.4 Å². The molecule has 0 aliphatic carbocycles. The number of nitrogens with two attached hydrogens (primary N) is 3. The molecule has 14 aromatic rings. The number of amides is 1. The number of hydrogen-bond acceptors (Lipinski definition) is 19. The molecule has 0 saturated heterocycles. The molecule has 9 heterocycles. The maximum Gasteiger partial charge on any atom is 0.348 e. The number of nitriles is 2. The fourth-order valence-electron chi connectivity index (χ4n) is 9.48. The fraction of sp³-hybridized carbons (Fsp3) is 0.0800. The average Bonchev–Trinajstić information content (AvgIpc) is 1.61. The number of thiophene rings is 2. The van der Waals surface area contributed by atoms with Gasteiger partial charge in [0, 0.05) is 88.1 Å². The highest BCUT2D eigenvalue weighted by Crippen LogP contribution is 2.36. The molecule has 0 fully saturated rings. The Morgan fingerprint density at radius 2 is 1.04 bits per heavy atom. The molecule has 0 radical (unpaired) electrons. The molecule has 0 bridgehead atoms. The molecule has 10 N–H and O–H groups in total. The third-order valence-corrected chi connectivity index (χ3v) is 18.1. The van der Waals surface area contributed by atoms with Gasteiger partial charge in [0.1, 0.15) is 54.0 Å². The second kappa shape index (κ2) is 36.6. The minimum Gasteiger partial charge on any atom is -0.506 e. The zero-order valence-corrected chi connectivity index (χ0v) is 59.6. The van der Waals surface area contributed by atoms with Crippen molar-refractivity contribution in [2.24, 2.45) is 5.73 Å². The van der Waals surface area contributed by atoms with E-state index in [2.05, 4.69) is 35.7 Å². The number of phenolic OH excluding ortho intramolecular Hbond substituents is 1. The number of H-pyrrole nitrogens is 1. The van der Waals surface area contributed by atoms with Gasteiger partial charge in [0.15, 0.2) is 0 Å². The van der Waals surface area contributed by atoms with Crippen LogP contribution in [0.25, 0.3) is 48.4 Å². The van der Waals surface area contributed by atoms with E-state index in [9.17, 15) is 51.4 Å². The van der Waals surface area contributed by atoms with Crippen LogP contribution in [0.4, 0.5) is 28.9 Å². The number of carboxylic acid groups (broad SMARTS) is 1. The van der Waals surface area contributed by atoms with Gasteiger partial charge in [-0.3, -0.25) is 42.7 Å². The number of anilines is 2. The van der Waals surface area contributed by atoms with Gasteiger partial charge in [-0.05, 0) is 170 Å². The molecule has 105 heavy (non-hydrogen) atoms. The predicted octanol–water partition coefficient (Wildman–Crippen LogP) is 12.6. The number of rotatable bonds is 8. The molecule has 30 heteroatoms. The molecular formula is C75H60F4IN15O8S2. The molecule has 0 aliphatic heterocycles. The summed E-state index contributed by atoms with van der Waals surface area (Å²) in [6, 6.07) is 49.0. The van der Waals surface area contributed by atoms with Gasteiger partial charge in [0.2, 0.25) is 5.56 Å². The molecule has 9 aromatic heterocycles. The molecule has 0 aliphatic rings. The molecule has 0 spiro atoms. The summed E-state index contributed by atoms with van der Waals surface area (Å²) < 4.78 is 58.6. The Bertz CT molecular complexity index is 5830. The van der Waals surface area contributed by atoms with Crippen molar-refractivity contribution in [2.45, 2.75) is 40.8 Å². The van der Waals surface area contributed by atoms with Gasteiger partial charge >= 0.3 is 5.97 Å². The standard InChI is InChI=1S/C21H18FN5O2S.C12H11FN2O.C12H7FN2O.C9H9N3O2S.C9H7NO.C7H3FIN.C5H5NO/c1-11-12(2)25-26-21-17(11)18(23)19(30-21)20(29)24-10-13-6-7-15(14(22)9-13)27-8-4-3-5-16(27)28;2*13-10-7-9(8-14)4-5-11(10)15-6-2-1-3-12(15)16;1-3-4(2)11-12-8-5(3)6(10)7(15-8)9(13)14;11-8-5-1-3-7-4-2-6-10-9(7)8;8-6-3-5(4-10)1-2-7(6)9;7-5-3-1-2-4-6-5/h3-9H,10,23H2,1-2H3,(H,24,29);1-7H,8,14H2;1-7H;10H2,1-2H3,(H,13,14);1-6,11H;1-3H;1-4H,(H,6,7). The van der Waals surface area contributed by atoms with Crippen LogP contribution in [-0.4, -0.2) is 66.2 Å². The summed E-state index contributed by atoms with van der Waals surface area (Å²) in [5, 5.41) is 56.4. The number of aromatic carboxylic acids is 1. The van der Waals surface area contributed by atoms with Crippen LogP contribution in [0.1, 0.15) is 64.1 Å². The number of nitrogen functional groups attached to an aromatic ring is 2. The second-order valence-corrected chi connectivity index (χ2v) is 25.1. The molecule has 0 atom stereocenters. The fourth-order valence-corrected chi connectivity index (χ4v) is 11.8. The molecule has 1 amide bonds. The van der Waals surface area contributed by atoms with Crippen molar-refractivity contribution in [3.63, 3.8) is 0 Å². The monoisotopic (exact) mass is 1570 g/mol. The number of nitrogens with zero attached hydrogens (tertiary/aromatic N) is 10. The van der Waals surface area contributed by atoms with E-state index in [-0.39, 0.29) is 86.0 Å². The van der Waals surface area contributed by atoms with Crippen molar-refractivity contribution >= 4 is 99.9 Å². The number of carboxylic acids is 1. The number of aromatic hydroxyl groups is 1. The van der Waals surface area contributed by atoms with Gasteiger partial charge < -0.3 is 37.7 Å². The number of para-hydroxylation sites is 1. The van der Waals surface area contributed by atoms with Gasteiger partial charge in [0.05, 0.1) is 63.1 Å². The lowest BCUT2D eigenvalue weighted by molar-refractivity contribution is 0.0702. The normalized spacial score (nSPS) is 10.2. The van der Waals surface area contributed by atoms with Gasteiger partial charge in [-0.25, -0.2) is 22.4 Å². The Kier molecular flexibility index (Phi) is 27.2. The molecule has 23 nitrogen and oxygen atoms in total. The number of nitrogens with one attached hydrogen (secondary N) is 2. The maximum atomic E-state index is 14.5. The number of phenols is 1. The Morgan fingerprint density at radius 3 is 1.49 bits per heavy atom. The molecule has 0 unspecified atom stereocenters. The van der Waals surface area contributed by atoms with Crippen LogP contribution < -0.4 is 44.8 Å². The molecule has 0 saturated carbocycles. The average molecular weight is 1570 g/mol. The first-order valence-corrected chi connectivity index (χ1v) is 33.6. The lowest BCUT2D eigenvalue weighted by Gasteiger charge is -2.09. The van der Waals surface area contributed by atoms with Crippen molar-refractivity contribution in [2.75, 3.05) is 11.5 Å². The number of benzene rings is 5. The first kappa shape index (κ1) is 77.9. The van der Waals surface area contributed by atoms with E-state index < -0.39 is 23.4 Å². The molecular weight excluding hydrogens is 1510 g/mol. The van der Waals surface area contributed by atoms with E-state index in [0.717, 1.165) is 50.7 Å². The number of halogens is 5. The first-order valence-electron chi connectivity index (χ1n) is 30.9. The van der Waals surface area contributed by atoms with Crippen molar-refractivity contribution in [1.82, 2.24) is 49.4 Å². The van der Waals surface area contributed by atoms with Crippen molar-refractivity contribution in [1.29, 1.82) is 10.5 Å². The Labute approximate surface area is 615 Å². The summed E-state index contributed by atoms with van der Waals surface area (Å²) in [5.74, 6) is -3.08. The Morgan fingerprint density at radius 1 is 0.571 bits per heavy atom. The van der Waals surface area contributed by atoms with E-state index in [1.807, 2.05) is 80.6 Å². The summed E-state index contributed by atoms with van der Waals surface area (Å²) in [7, 11) is 0. The largest absolute Gasteiger partial charge is 0.506 e. The third kappa shape index (κ3) is 20.0. The van der Waals surface area contributed by atoms with Crippen molar-refractivity contribution in [3.05, 3.63) is 330 Å². The highest BCUT2D eigenvalue weighted by Gasteiger charge is 2.22. The quantitative estimate of drug-likeness (QED) is 0.0549. The van der Waals surface area contributed by atoms with Crippen LogP contribution in [-0.2, 0) is 13.1 Å². The number of pyridine rings is 5. The van der Waals surface area contributed by atoms with Crippen LogP contribution in [0.3, 0.4) is 0 Å². The molecule has 530 valence electrons. The topological polar surface area (TPSA) is 376 Å². The molecule has 5 aromatic carbocycles. The third-order valence-electron chi connectivity index (χ3n) is 15.0. The number of carbonyl (C=O) groups is 2. The predicted molar refractivity (Wildman–Crippen MR) is 404 cm³/mol. The van der Waals surface area contributed by atoms with Gasteiger partial charge in [-0.2, -0.15) is 20.7 Å². The maximum absolute atomic E-state index is 14.5. The summed E-state index contributed by atoms with van der Waals surface area (Å²) in [6.45, 7) is 7.79. The lowest BCUT2D eigenvalue weighted by Crippen LogP contribution is -2.23. The van der Waals surface area contributed by atoms with E-state index in [1.165, 1.54) is 104 Å². The van der Waals surface area contributed by atoms with E-state index in [4.69, 9.17) is 32.8 Å².